The zero-order valence-corrected chi connectivity index (χ0v) is 20.4. The number of aryl methyl sites for hydroxylation is 2. The molecule has 0 unspecified atom stereocenters. The van der Waals surface area contributed by atoms with Crippen LogP contribution in [0.5, 0.6) is 0 Å². The lowest BCUT2D eigenvalue weighted by molar-refractivity contribution is 0.373. The maximum absolute atomic E-state index is 13.1. The van der Waals surface area contributed by atoms with Crippen LogP contribution in [0.1, 0.15) is 75.5 Å². The van der Waals surface area contributed by atoms with E-state index in [1.165, 1.54) is 38.5 Å². The number of aromatic nitrogens is 1. The number of anilines is 1. The molecule has 0 atom stereocenters. The van der Waals surface area contributed by atoms with E-state index in [0.717, 1.165) is 65.0 Å². The van der Waals surface area contributed by atoms with Crippen molar-refractivity contribution in [3.8, 4) is 10.4 Å². The normalized spacial score (nSPS) is 18.9. The maximum Gasteiger partial charge on any atom is 0.241 e. The van der Waals surface area contributed by atoms with Crippen molar-refractivity contribution in [1.82, 2.24) is 9.71 Å². The molecule has 0 radical (unpaired) electrons. The molecule has 0 spiro atoms. The standard InChI is InChI=1S/C24H35N3O2S2/c1-17-13-14-20(15-22(17)31(28,29)27-21-11-7-4-8-12-21)23-18(2)26-24(30-23)25-16-19-9-5-3-6-10-19/h13-15,19,21,27H,3-12,16H2,1-2H3,(H,25,26). The number of sulfonamides is 1. The lowest BCUT2D eigenvalue weighted by Gasteiger charge is -2.23. The summed E-state index contributed by atoms with van der Waals surface area (Å²) in [6.45, 7) is 4.85. The van der Waals surface area contributed by atoms with Gasteiger partial charge in [0.05, 0.1) is 15.5 Å². The van der Waals surface area contributed by atoms with Gasteiger partial charge in [0.1, 0.15) is 0 Å². The van der Waals surface area contributed by atoms with Gasteiger partial charge in [-0.05, 0) is 62.6 Å². The Balaban J connectivity index is 1.51. The monoisotopic (exact) mass is 461 g/mol. The molecule has 2 fully saturated rings. The molecule has 2 aromatic rings. The van der Waals surface area contributed by atoms with Crippen LogP contribution in [-0.4, -0.2) is 26.0 Å². The second kappa shape index (κ2) is 10.0. The van der Waals surface area contributed by atoms with Crippen LogP contribution in [0.4, 0.5) is 5.13 Å². The van der Waals surface area contributed by atoms with Crippen LogP contribution >= 0.6 is 11.3 Å². The predicted octanol–water partition coefficient (Wildman–Crippen LogP) is 6.03. The van der Waals surface area contributed by atoms with Gasteiger partial charge in [0.15, 0.2) is 5.13 Å². The molecule has 2 aliphatic carbocycles. The zero-order valence-electron chi connectivity index (χ0n) is 18.7. The highest BCUT2D eigenvalue weighted by atomic mass is 32.2. The molecule has 0 aliphatic heterocycles. The average Bonchev–Trinajstić information content (AvgIpc) is 3.14. The SMILES string of the molecule is Cc1ccc(-c2sc(NCC3CCCCC3)nc2C)cc1S(=O)(=O)NC1CCCCC1. The minimum atomic E-state index is -3.53. The number of nitrogens with zero attached hydrogens (tertiary/aromatic N) is 1. The van der Waals surface area contributed by atoms with E-state index in [2.05, 4.69) is 10.0 Å². The highest BCUT2D eigenvalue weighted by Crippen LogP contribution is 2.35. The third-order valence-corrected chi connectivity index (χ3v) is 9.56. The highest BCUT2D eigenvalue weighted by Gasteiger charge is 2.24. The van der Waals surface area contributed by atoms with Crippen LogP contribution in [0.15, 0.2) is 23.1 Å². The minimum absolute atomic E-state index is 0.0579. The summed E-state index contributed by atoms with van der Waals surface area (Å²) in [7, 11) is -3.53. The van der Waals surface area contributed by atoms with Crippen molar-refractivity contribution >= 4 is 26.5 Å². The van der Waals surface area contributed by atoms with E-state index in [0.29, 0.717) is 4.90 Å². The third kappa shape index (κ3) is 5.68. The van der Waals surface area contributed by atoms with Gasteiger partial charge in [0.25, 0.3) is 0 Å². The number of rotatable bonds is 7. The molecule has 31 heavy (non-hydrogen) atoms. The number of thiazole rings is 1. The molecular formula is C24H35N3O2S2. The molecule has 0 bridgehead atoms. The van der Waals surface area contributed by atoms with E-state index < -0.39 is 10.0 Å². The molecule has 1 aromatic carbocycles. The first-order chi connectivity index (χ1) is 14.9. The van der Waals surface area contributed by atoms with Gasteiger partial charge in [0, 0.05) is 12.6 Å². The zero-order chi connectivity index (χ0) is 21.8. The minimum Gasteiger partial charge on any atom is -0.361 e. The Morgan fingerprint density at radius 1 is 1.00 bits per heavy atom. The van der Waals surface area contributed by atoms with E-state index >= 15 is 0 Å². The van der Waals surface area contributed by atoms with E-state index in [1.54, 1.807) is 11.3 Å². The van der Waals surface area contributed by atoms with E-state index in [9.17, 15) is 8.42 Å². The van der Waals surface area contributed by atoms with Crippen molar-refractivity contribution in [2.24, 2.45) is 5.92 Å². The van der Waals surface area contributed by atoms with Gasteiger partial charge in [0.2, 0.25) is 10.0 Å². The molecule has 170 valence electrons. The van der Waals surface area contributed by atoms with Crippen LogP contribution in [0.2, 0.25) is 0 Å². The Morgan fingerprint density at radius 2 is 1.68 bits per heavy atom. The molecule has 0 amide bonds. The Morgan fingerprint density at radius 3 is 2.39 bits per heavy atom. The molecule has 7 heteroatoms. The Kier molecular flexibility index (Phi) is 7.34. The fraction of sp³-hybridized carbons (Fsp3) is 0.625. The number of nitrogens with one attached hydrogen (secondary N) is 2. The largest absolute Gasteiger partial charge is 0.361 e. The number of hydrogen-bond donors (Lipinski definition) is 2. The summed E-state index contributed by atoms with van der Waals surface area (Å²) in [5.74, 6) is 0.739. The molecule has 2 aliphatic rings. The van der Waals surface area contributed by atoms with Crippen molar-refractivity contribution in [3.63, 3.8) is 0 Å². The molecule has 1 aromatic heterocycles. The molecule has 2 N–H and O–H groups in total. The van der Waals surface area contributed by atoms with Gasteiger partial charge in [-0.25, -0.2) is 18.1 Å². The topological polar surface area (TPSA) is 71.1 Å². The first kappa shape index (κ1) is 22.7. The van der Waals surface area contributed by atoms with Crippen LogP contribution in [-0.2, 0) is 10.0 Å². The van der Waals surface area contributed by atoms with E-state index in [1.807, 2.05) is 32.0 Å². The predicted molar refractivity (Wildman–Crippen MR) is 129 cm³/mol. The number of benzene rings is 1. The summed E-state index contributed by atoms with van der Waals surface area (Å²) >= 11 is 1.62. The maximum atomic E-state index is 13.1. The van der Waals surface area contributed by atoms with Crippen molar-refractivity contribution < 1.29 is 8.42 Å². The van der Waals surface area contributed by atoms with E-state index in [4.69, 9.17) is 4.98 Å². The summed E-state index contributed by atoms with van der Waals surface area (Å²) in [6, 6.07) is 5.81. The second-order valence-electron chi connectivity index (χ2n) is 9.25. The van der Waals surface area contributed by atoms with Crippen LogP contribution in [0.25, 0.3) is 10.4 Å². The van der Waals surface area contributed by atoms with Gasteiger partial charge in [-0.2, -0.15) is 0 Å². The van der Waals surface area contributed by atoms with Gasteiger partial charge in [-0.3, -0.25) is 0 Å². The van der Waals surface area contributed by atoms with Crippen molar-refractivity contribution in [2.75, 3.05) is 11.9 Å². The first-order valence-electron chi connectivity index (χ1n) is 11.8. The summed E-state index contributed by atoms with van der Waals surface area (Å²) in [4.78, 5) is 6.15. The summed E-state index contributed by atoms with van der Waals surface area (Å²) < 4.78 is 29.2. The fourth-order valence-corrected chi connectivity index (χ4v) is 7.44. The lowest BCUT2D eigenvalue weighted by atomic mass is 9.89. The Labute approximate surface area is 191 Å². The lowest BCUT2D eigenvalue weighted by Crippen LogP contribution is -2.36. The Hall–Kier alpha value is -1.44. The van der Waals surface area contributed by atoms with Crippen LogP contribution in [0.3, 0.4) is 0 Å². The van der Waals surface area contributed by atoms with Crippen molar-refractivity contribution in [2.45, 2.75) is 89.0 Å². The highest BCUT2D eigenvalue weighted by molar-refractivity contribution is 7.89. The van der Waals surface area contributed by atoms with Crippen molar-refractivity contribution in [3.05, 3.63) is 29.5 Å². The molecular weight excluding hydrogens is 426 g/mol. The summed E-state index contributed by atoms with van der Waals surface area (Å²) in [5, 5.41) is 4.47. The first-order valence-corrected chi connectivity index (χ1v) is 14.1. The fourth-order valence-electron chi connectivity index (χ4n) is 4.90. The molecule has 4 rings (SSSR count). The van der Waals surface area contributed by atoms with Crippen LogP contribution < -0.4 is 10.0 Å². The molecule has 1 heterocycles. The summed E-state index contributed by atoms with van der Waals surface area (Å²) in [6.07, 6.45) is 11.9. The molecule has 5 nitrogen and oxygen atoms in total. The second-order valence-corrected chi connectivity index (χ2v) is 11.9. The van der Waals surface area contributed by atoms with Crippen LogP contribution in [0, 0.1) is 19.8 Å². The quantitative estimate of drug-likeness (QED) is 0.528. The molecule has 0 saturated heterocycles. The van der Waals surface area contributed by atoms with Gasteiger partial charge < -0.3 is 5.32 Å². The van der Waals surface area contributed by atoms with Gasteiger partial charge >= 0.3 is 0 Å². The molecule has 2 saturated carbocycles. The van der Waals surface area contributed by atoms with Gasteiger partial charge in [-0.15, -0.1) is 0 Å². The summed E-state index contributed by atoms with van der Waals surface area (Å²) in [5.41, 5.74) is 2.66. The Bertz CT molecular complexity index is 988. The average molecular weight is 462 g/mol. The number of hydrogen-bond acceptors (Lipinski definition) is 5. The van der Waals surface area contributed by atoms with E-state index in [-0.39, 0.29) is 6.04 Å². The smallest absolute Gasteiger partial charge is 0.241 e. The third-order valence-electron chi connectivity index (χ3n) is 6.73. The van der Waals surface area contributed by atoms with Gasteiger partial charge in [-0.1, -0.05) is 62.0 Å². The van der Waals surface area contributed by atoms with Crippen molar-refractivity contribution in [1.29, 1.82) is 0 Å².